The van der Waals surface area contributed by atoms with E-state index < -0.39 is 36.4 Å². The normalized spacial score (nSPS) is 8.29. The van der Waals surface area contributed by atoms with E-state index in [4.69, 9.17) is 20.4 Å². The van der Waals surface area contributed by atoms with Crippen LogP contribution in [0.5, 0.6) is 0 Å². The molecule has 0 saturated carbocycles. The van der Waals surface area contributed by atoms with Crippen LogP contribution < -0.4 is 154 Å². The Hall–Kier alpha value is 4.54. The maximum absolute atomic E-state index is 10.3. The van der Waals surface area contributed by atoms with Gasteiger partial charge in [-0.2, -0.15) is 0 Å². The second-order valence-corrected chi connectivity index (χ2v) is 2.48. The molecule has 0 bridgehead atoms. The molecule has 0 aliphatic heterocycles. The summed E-state index contributed by atoms with van der Waals surface area (Å²) in [6.45, 7) is 0. The second-order valence-electron chi connectivity index (χ2n) is 2.48. The molecule has 17 heavy (non-hydrogen) atoms. The van der Waals surface area contributed by atoms with E-state index in [0.717, 1.165) is 0 Å². The van der Waals surface area contributed by atoms with E-state index in [-0.39, 0.29) is 199 Å². The fourth-order valence-electron chi connectivity index (χ4n) is 0.714. The predicted molar refractivity (Wildman–Crippen MR) is 48.4 cm³/mol. The van der Waals surface area contributed by atoms with Crippen molar-refractivity contribution in [3.8, 4) is 0 Å². The first kappa shape index (κ1) is 33.2. The van der Waals surface area contributed by atoms with Gasteiger partial charge in [0.05, 0.1) is 12.8 Å². The molecule has 11 heteroatoms. The van der Waals surface area contributed by atoms with Gasteiger partial charge in [0.1, 0.15) is 0 Å². The smallest absolute Gasteiger partial charge is 1.00 e. The Morgan fingerprint density at radius 3 is 1.24 bits per heavy atom. The molecule has 0 aromatic rings. The van der Waals surface area contributed by atoms with Crippen LogP contribution in [0.4, 0.5) is 0 Å². The number of carbonyl (C=O) groups is 3. The molecule has 0 unspecified atom stereocenters. The van der Waals surface area contributed by atoms with Crippen LogP contribution in [-0.2, 0) is 14.4 Å². The summed E-state index contributed by atoms with van der Waals surface area (Å²) in [5.41, 5.74) is -2.74. The van der Waals surface area contributed by atoms with Crippen molar-refractivity contribution in [3.63, 3.8) is 0 Å². The Bertz CT molecular complexity index is 261. The fourth-order valence-corrected chi connectivity index (χ4v) is 0.714. The second kappa shape index (κ2) is 16.9. The van der Waals surface area contributed by atoms with Crippen molar-refractivity contribution in [1.82, 2.24) is 0 Å². The van der Waals surface area contributed by atoms with Crippen molar-refractivity contribution in [2.24, 2.45) is 0 Å². The van der Waals surface area contributed by atoms with Crippen LogP contribution in [0.25, 0.3) is 0 Å². The van der Waals surface area contributed by atoms with Gasteiger partial charge < -0.3 is 27.6 Å². The SMILES string of the molecule is O=C(O)CC(O)(CC(=O)O)C(=O)O.[Ca+2].[H-].[H-].[H-].[H-].[H-].[K+].[K+].[K+]. The molecule has 0 atom stereocenters. The Morgan fingerprint density at radius 2 is 1.12 bits per heavy atom. The zero-order valence-electron chi connectivity index (χ0n) is 15.1. The van der Waals surface area contributed by atoms with Gasteiger partial charge in [-0.3, -0.25) is 9.59 Å². The van der Waals surface area contributed by atoms with E-state index in [1.54, 1.807) is 0 Å². The van der Waals surface area contributed by atoms with Crippen LogP contribution in [-0.4, -0.2) is 81.7 Å². The first-order valence-corrected chi connectivity index (χ1v) is 3.17. The van der Waals surface area contributed by atoms with Gasteiger partial charge >= 0.3 is 210 Å². The van der Waals surface area contributed by atoms with E-state index in [1.807, 2.05) is 0 Å². The predicted octanol–water partition coefficient (Wildman–Crippen LogP) is -10.1. The molecule has 0 heterocycles. The first-order chi connectivity index (χ1) is 5.78. The summed E-state index contributed by atoms with van der Waals surface area (Å²) in [5.74, 6) is -5.02. The molecule has 4 N–H and O–H groups in total. The van der Waals surface area contributed by atoms with Gasteiger partial charge in [-0.05, 0) is 0 Å². The largest absolute Gasteiger partial charge is 2.00 e. The van der Waals surface area contributed by atoms with Crippen LogP contribution in [0.3, 0.4) is 0 Å². The molecule has 0 aliphatic carbocycles. The number of aliphatic hydroxyl groups is 1. The van der Waals surface area contributed by atoms with Crippen molar-refractivity contribution < 1.29 is 196 Å². The molecule has 0 aromatic carbocycles. The molecule has 84 valence electrons. The Balaban J connectivity index is -0.0000000200. The van der Waals surface area contributed by atoms with Crippen LogP contribution in [0.1, 0.15) is 20.0 Å². The quantitative estimate of drug-likeness (QED) is 0.360. The van der Waals surface area contributed by atoms with Crippen LogP contribution in [0.2, 0.25) is 0 Å². The average Bonchev–Trinajstić information content (AvgIpc) is 1.82. The minimum Gasteiger partial charge on any atom is -1.00 e. The van der Waals surface area contributed by atoms with E-state index in [0.29, 0.717) is 0 Å². The van der Waals surface area contributed by atoms with Crippen molar-refractivity contribution in [1.29, 1.82) is 0 Å². The van der Waals surface area contributed by atoms with Crippen molar-refractivity contribution >= 4 is 55.6 Å². The van der Waals surface area contributed by atoms with Gasteiger partial charge in [-0.1, -0.05) is 0 Å². The number of hydrogen-bond donors (Lipinski definition) is 4. The molecule has 0 aromatic heterocycles. The molecule has 0 rings (SSSR count). The summed E-state index contributed by atoms with van der Waals surface area (Å²) in [7, 11) is 0. The third-order valence-electron chi connectivity index (χ3n) is 1.29. The van der Waals surface area contributed by atoms with Gasteiger partial charge in [-0.15, -0.1) is 0 Å². The number of carboxylic acid groups (broad SMARTS) is 3. The topological polar surface area (TPSA) is 132 Å². The maximum Gasteiger partial charge on any atom is 2.00 e. The van der Waals surface area contributed by atoms with Gasteiger partial charge in [0, 0.05) is 0 Å². The Morgan fingerprint density at radius 1 is 0.882 bits per heavy atom. The average molecular weight is 355 g/mol. The van der Waals surface area contributed by atoms with E-state index in [1.165, 1.54) is 0 Å². The minimum absolute atomic E-state index is 0. The summed E-state index contributed by atoms with van der Waals surface area (Å²) in [4.78, 5) is 30.5. The zero-order valence-corrected chi connectivity index (χ0v) is 21.7. The van der Waals surface area contributed by atoms with E-state index >= 15 is 0 Å². The molecule has 0 aliphatic rings. The fraction of sp³-hybridized carbons (Fsp3) is 0.500. The number of aliphatic carboxylic acids is 3. The van der Waals surface area contributed by atoms with Crippen LogP contribution >= 0.6 is 0 Å². The van der Waals surface area contributed by atoms with E-state index in [2.05, 4.69) is 0 Å². The first-order valence-electron chi connectivity index (χ1n) is 3.17. The molecule has 0 saturated heterocycles. The van der Waals surface area contributed by atoms with Crippen molar-refractivity contribution in [2.45, 2.75) is 18.4 Å². The van der Waals surface area contributed by atoms with E-state index in [9.17, 15) is 14.4 Å². The zero-order chi connectivity index (χ0) is 10.6. The number of carboxylic acids is 3. The number of rotatable bonds is 5. The van der Waals surface area contributed by atoms with Gasteiger partial charge in [0.25, 0.3) is 0 Å². The molecule has 7 nitrogen and oxygen atoms in total. The molecule has 0 fully saturated rings. The molecular formula is C6H13CaK3O7. The van der Waals surface area contributed by atoms with Gasteiger partial charge in [-0.25, -0.2) is 4.79 Å². The minimum atomic E-state index is -2.74. The third kappa shape index (κ3) is 16.7. The van der Waals surface area contributed by atoms with Gasteiger partial charge in [0.2, 0.25) is 0 Å². The molecular weight excluding hydrogens is 341 g/mol. The summed E-state index contributed by atoms with van der Waals surface area (Å²) in [5, 5.41) is 33.8. The van der Waals surface area contributed by atoms with Crippen LogP contribution in [0, 0.1) is 0 Å². The Labute approximate surface area is 263 Å². The molecule has 0 amide bonds. The van der Waals surface area contributed by atoms with Gasteiger partial charge in [0.15, 0.2) is 5.60 Å². The third-order valence-corrected chi connectivity index (χ3v) is 1.29. The van der Waals surface area contributed by atoms with Crippen molar-refractivity contribution in [2.75, 3.05) is 0 Å². The summed E-state index contributed by atoms with van der Waals surface area (Å²) < 4.78 is 0. The summed E-state index contributed by atoms with van der Waals surface area (Å²) in [6, 6.07) is 0. The maximum atomic E-state index is 10.3. The summed E-state index contributed by atoms with van der Waals surface area (Å²) in [6.07, 6.45) is -2.29. The van der Waals surface area contributed by atoms with Crippen molar-refractivity contribution in [3.05, 3.63) is 0 Å². The molecule has 0 radical (unpaired) electrons. The number of hydrogen-bond acceptors (Lipinski definition) is 4. The Kier molecular flexibility index (Phi) is 33.0. The summed E-state index contributed by atoms with van der Waals surface area (Å²) >= 11 is 0. The monoisotopic (exact) mass is 354 g/mol. The standard InChI is InChI=1S/C6H8O7.Ca.3K.5H/c7-3(8)1-6(13,5(11)12)2-4(9)10;;;;;;;;;/h13H,1-2H2,(H,7,8)(H,9,10)(H,11,12);;;;;;;;;/q;+2;3*+1;5*-1. The molecule has 0 spiro atoms. The van der Waals surface area contributed by atoms with Crippen LogP contribution in [0.15, 0.2) is 0 Å².